The molecule has 1 aliphatic rings. The highest BCUT2D eigenvalue weighted by Crippen LogP contribution is 2.36. The first-order valence-corrected chi connectivity index (χ1v) is 8.63. The number of nitrogens with one attached hydrogen (secondary N) is 1. The molecule has 0 saturated heterocycles. The minimum absolute atomic E-state index is 0.182. The zero-order chi connectivity index (χ0) is 17.9. The molecule has 25 heavy (non-hydrogen) atoms. The zero-order valence-electron chi connectivity index (χ0n) is 14.4. The number of amides is 1. The lowest BCUT2D eigenvalue weighted by atomic mass is 9.74. The fourth-order valence-electron chi connectivity index (χ4n) is 3.37. The average molecular weight is 341 g/mol. The van der Waals surface area contributed by atoms with Gasteiger partial charge in [-0.15, -0.1) is 0 Å². The average Bonchev–Trinajstić information content (AvgIpc) is 3.07. The molecule has 2 N–H and O–H groups in total. The van der Waals surface area contributed by atoms with Gasteiger partial charge in [-0.2, -0.15) is 5.10 Å². The highest BCUT2D eigenvalue weighted by molar-refractivity contribution is 5.94. The molecule has 1 amide bonds. The summed E-state index contributed by atoms with van der Waals surface area (Å²) in [5.41, 5.74) is 1.64. The van der Waals surface area contributed by atoms with Crippen LogP contribution in [-0.2, 0) is 4.79 Å². The van der Waals surface area contributed by atoms with Crippen molar-refractivity contribution in [2.24, 2.45) is 5.41 Å². The number of carboxylic acids is 1. The minimum atomic E-state index is -0.819. The van der Waals surface area contributed by atoms with Crippen LogP contribution in [0.4, 0.5) is 0 Å². The van der Waals surface area contributed by atoms with Gasteiger partial charge in [0.05, 0.1) is 17.3 Å². The second-order valence-electron chi connectivity index (χ2n) is 6.84. The second-order valence-corrected chi connectivity index (χ2v) is 6.84. The van der Waals surface area contributed by atoms with Crippen LogP contribution in [0, 0.1) is 12.3 Å². The van der Waals surface area contributed by atoms with Crippen LogP contribution in [0.5, 0.6) is 0 Å². The molecule has 0 spiro atoms. The van der Waals surface area contributed by atoms with E-state index in [2.05, 4.69) is 10.4 Å². The van der Waals surface area contributed by atoms with Crippen molar-refractivity contribution in [3.05, 3.63) is 47.8 Å². The Labute approximate surface area is 146 Å². The van der Waals surface area contributed by atoms with Crippen molar-refractivity contribution < 1.29 is 14.7 Å². The molecule has 6 nitrogen and oxygen atoms in total. The van der Waals surface area contributed by atoms with E-state index < -0.39 is 11.4 Å². The first kappa shape index (κ1) is 17.2. The number of benzene rings is 1. The molecule has 1 aromatic carbocycles. The Balaban J connectivity index is 1.65. The number of aryl methyl sites for hydroxylation is 1. The number of rotatable bonds is 5. The highest BCUT2D eigenvalue weighted by atomic mass is 16.4. The van der Waals surface area contributed by atoms with Crippen LogP contribution in [0.25, 0.3) is 5.69 Å². The normalized spacial score (nSPS) is 16.4. The number of nitrogens with zero attached hydrogens (tertiary/aromatic N) is 2. The van der Waals surface area contributed by atoms with Crippen molar-refractivity contribution >= 4 is 11.9 Å². The van der Waals surface area contributed by atoms with Crippen molar-refractivity contribution in [2.75, 3.05) is 6.54 Å². The molecular weight excluding hydrogens is 318 g/mol. The number of aromatic nitrogens is 2. The van der Waals surface area contributed by atoms with Gasteiger partial charge in [0, 0.05) is 18.3 Å². The van der Waals surface area contributed by atoms with Crippen molar-refractivity contribution in [3.8, 4) is 5.69 Å². The summed E-state index contributed by atoms with van der Waals surface area (Å²) in [6, 6.07) is 7.12. The summed E-state index contributed by atoms with van der Waals surface area (Å²) < 4.78 is 1.75. The number of hydrogen-bond donors (Lipinski definition) is 2. The molecule has 6 heteroatoms. The predicted molar refractivity (Wildman–Crippen MR) is 93.8 cm³/mol. The Morgan fingerprint density at radius 2 is 1.88 bits per heavy atom. The first-order valence-electron chi connectivity index (χ1n) is 8.63. The molecule has 2 aromatic rings. The van der Waals surface area contributed by atoms with E-state index in [-0.39, 0.29) is 12.5 Å². The molecule has 1 fully saturated rings. The van der Waals surface area contributed by atoms with Crippen molar-refractivity contribution in [1.82, 2.24) is 15.1 Å². The Morgan fingerprint density at radius 1 is 1.20 bits per heavy atom. The lowest BCUT2D eigenvalue weighted by Gasteiger charge is -2.33. The Morgan fingerprint density at radius 3 is 2.44 bits per heavy atom. The molecule has 1 aliphatic carbocycles. The van der Waals surface area contributed by atoms with E-state index in [1.165, 1.54) is 0 Å². The van der Waals surface area contributed by atoms with Gasteiger partial charge in [-0.3, -0.25) is 9.59 Å². The van der Waals surface area contributed by atoms with Crippen LogP contribution >= 0.6 is 0 Å². The van der Waals surface area contributed by atoms with Gasteiger partial charge >= 0.3 is 5.97 Å². The topological polar surface area (TPSA) is 84.2 Å². The predicted octanol–water partition coefficient (Wildman–Crippen LogP) is 2.95. The maximum atomic E-state index is 12.4. The SMILES string of the molecule is Cc1cnn(-c2ccc(C(=O)NCC3(C(=O)O)CCCCC3)cc2)c1. The number of carbonyl (C=O) groups is 2. The number of carboxylic acid groups (broad SMARTS) is 1. The fourth-order valence-corrected chi connectivity index (χ4v) is 3.37. The molecule has 0 radical (unpaired) electrons. The molecule has 0 aliphatic heterocycles. The summed E-state index contributed by atoms with van der Waals surface area (Å²) in [5, 5.41) is 16.6. The molecule has 1 saturated carbocycles. The van der Waals surface area contributed by atoms with E-state index in [9.17, 15) is 14.7 Å². The smallest absolute Gasteiger partial charge is 0.311 e. The minimum Gasteiger partial charge on any atom is -0.481 e. The number of aliphatic carboxylic acids is 1. The molecule has 3 rings (SSSR count). The van der Waals surface area contributed by atoms with E-state index in [0.717, 1.165) is 30.5 Å². The highest BCUT2D eigenvalue weighted by Gasteiger charge is 2.39. The molecule has 0 bridgehead atoms. The third-order valence-corrected chi connectivity index (χ3v) is 4.96. The Hall–Kier alpha value is -2.63. The van der Waals surface area contributed by atoms with Gasteiger partial charge in [0.1, 0.15) is 0 Å². The summed E-state index contributed by atoms with van der Waals surface area (Å²) in [7, 11) is 0. The maximum Gasteiger partial charge on any atom is 0.311 e. The van der Waals surface area contributed by atoms with E-state index in [0.29, 0.717) is 18.4 Å². The second kappa shape index (κ2) is 7.09. The van der Waals surface area contributed by atoms with Gasteiger partial charge in [0.25, 0.3) is 5.91 Å². The summed E-state index contributed by atoms with van der Waals surface area (Å²) in [5.74, 6) is -1.05. The molecule has 1 heterocycles. The molecule has 0 unspecified atom stereocenters. The fraction of sp³-hybridized carbons (Fsp3) is 0.421. The first-order chi connectivity index (χ1) is 12.0. The molecule has 0 atom stereocenters. The van der Waals surface area contributed by atoms with Crippen LogP contribution in [0.2, 0.25) is 0 Å². The van der Waals surface area contributed by atoms with Crippen LogP contribution < -0.4 is 5.32 Å². The van der Waals surface area contributed by atoms with Gasteiger partial charge in [-0.05, 0) is 49.6 Å². The van der Waals surface area contributed by atoms with Crippen molar-refractivity contribution in [2.45, 2.75) is 39.0 Å². The lowest BCUT2D eigenvalue weighted by molar-refractivity contribution is -0.150. The Kier molecular flexibility index (Phi) is 4.88. The van der Waals surface area contributed by atoms with Gasteiger partial charge in [-0.1, -0.05) is 19.3 Å². The van der Waals surface area contributed by atoms with Crippen molar-refractivity contribution in [3.63, 3.8) is 0 Å². The third-order valence-electron chi connectivity index (χ3n) is 4.96. The van der Waals surface area contributed by atoms with E-state index in [1.807, 2.05) is 25.3 Å². The standard InChI is InChI=1S/C19H23N3O3/c1-14-11-21-22(12-14)16-7-5-15(6-8-16)17(23)20-13-19(18(24)25)9-3-2-4-10-19/h5-8,11-12H,2-4,9-10,13H2,1H3,(H,20,23)(H,24,25). The summed E-state index contributed by atoms with van der Waals surface area (Å²) in [4.78, 5) is 24.0. The van der Waals surface area contributed by atoms with E-state index in [1.54, 1.807) is 23.0 Å². The number of hydrogen-bond acceptors (Lipinski definition) is 3. The summed E-state index contributed by atoms with van der Waals surface area (Å²) in [6.07, 6.45) is 7.81. The third kappa shape index (κ3) is 3.73. The maximum absolute atomic E-state index is 12.4. The van der Waals surface area contributed by atoms with Crippen LogP contribution in [0.3, 0.4) is 0 Å². The lowest BCUT2D eigenvalue weighted by Crippen LogP contribution is -2.44. The zero-order valence-corrected chi connectivity index (χ0v) is 14.4. The quantitative estimate of drug-likeness (QED) is 0.876. The summed E-state index contributed by atoms with van der Waals surface area (Å²) >= 11 is 0. The van der Waals surface area contributed by atoms with Crippen LogP contribution in [-0.4, -0.2) is 33.3 Å². The van der Waals surface area contributed by atoms with Crippen LogP contribution in [0.1, 0.15) is 48.0 Å². The van der Waals surface area contributed by atoms with Crippen LogP contribution in [0.15, 0.2) is 36.7 Å². The monoisotopic (exact) mass is 341 g/mol. The van der Waals surface area contributed by atoms with Gasteiger partial charge in [-0.25, -0.2) is 4.68 Å². The number of carbonyl (C=O) groups excluding carboxylic acids is 1. The van der Waals surface area contributed by atoms with Crippen molar-refractivity contribution in [1.29, 1.82) is 0 Å². The Bertz CT molecular complexity index is 758. The summed E-state index contributed by atoms with van der Waals surface area (Å²) in [6.45, 7) is 2.15. The van der Waals surface area contributed by atoms with Gasteiger partial charge in [0.2, 0.25) is 0 Å². The van der Waals surface area contributed by atoms with Gasteiger partial charge < -0.3 is 10.4 Å². The molecular formula is C19H23N3O3. The van der Waals surface area contributed by atoms with Gasteiger partial charge in [0.15, 0.2) is 0 Å². The molecule has 132 valence electrons. The largest absolute Gasteiger partial charge is 0.481 e. The van der Waals surface area contributed by atoms with E-state index in [4.69, 9.17) is 0 Å². The van der Waals surface area contributed by atoms with E-state index >= 15 is 0 Å². The molecule has 1 aromatic heterocycles.